The van der Waals surface area contributed by atoms with E-state index in [9.17, 15) is 14.9 Å². The molecule has 6 atom stereocenters. The third-order valence-electron chi connectivity index (χ3n) is 8.48. The molecule has 164 valence electrons. The smallest absolute Gasteiger partial charge is 0.251 e. The topological polar surface area (TPSA) is 61.2 Å². The predicted molar refractivity (Wildman–Crippen MR) is 122 cm³/mol. The van der Waals surface area contributed by atoms with Crippen LogP contribution in [-0.4, -0.2) is 22.8 Å². The summed E-state index contributed by atoms with van der Waals surface area (Å²) in [5, 5.41) is 10.1. The maximum Gasteiger partial charge on any atom is 0.251 e. The van der Waals surface area contributed by atoms with Gasteiger partial charge in [0.05, 0.1) is 12.0 Å². The van der Waals surface area contributed by atoms with Crippen LogP contribution < -0.4 is 0 Å². The number of fused-ring (bicyclic) bond motifs is 1. The monoisotopic (exact) mass is 426 g/mol. The molecular weight excluding hydrogens is 396 g/mol. The van der Waals surface area contributed by atoms with E-state index in [2.05, 4.69) is 39.0 Å². The highest BCUT2D eigenvalue weighted by molar-refractivity contribution is 6.15. The lowest BCUT2D eigenvalue weighted by Gasteiger charge is -2.47. The molecule has 32 heavy (non-hydrogen) atoms. The number of carbonyl (C=O) groups excluding carboxylic acids is 2. The van der Waals surface area contributed by atoms with Gasteiger partial charge in [0.1, 0.15) is 0 Å². The zero-order chi connectivity index (χ0) is 22.7. The molecule has 2 aromatic carbocycles. The number of hydrogen-bond donors (Lipinski definition) is 0. The standard InChI is InChI=1S/C28H30N2O2/c1-18-14-15-21(27(2,3)20-12-8-5-9-13-20)22(16-18)30-25(31)24-23(19-10-6-4-7-11-19)28(24,17-29)26(30)32/h4-13,18,21-24H,14-16H2,1-3H3/t18-,21-,22-,23-,24+,28+/m1/s1. The van der Waals surface area contributed by atoms with E-state index in [-0.39, 0.29) is 35.1 Å². The maximum atomic E-state index is 13.8. The van der Waals surface area contributed by atoms with E-state index in [1.54, 1.807) is 0 Å². The Balaban J connectivity index is 1.50. The van der Waals surface area contributed by atoms with Gasteiger partial charge in [-0.1, -0.05) is 87.9 Å². The first-order valence-electron chi connectivity index (χ1n) is 11.7. The highest BCUT2D eigenvalue weighted by Crippen LogP contribution is 2.70. The van der Waals surface area contributed by atoms with E-state index in [4.69, 9.17) is 0 Å². The average Bonchev–Trinajstić information content (AvgIpc) is 3.44. The van der Waals surface area contributed by atoms with Crippen molar-refractivity contribution in [1.82, 2.24) is 4.90 Å². The number of rotatable bonds is 4. The average molecular weight is 427 g/mol. The first kappa shape index (κ1) is 20.9. The van der Waals surface area contributed by atoms with Crippen molar-refractivity contribution >= 4 is 11.8 Å². The summed E-state index contributed by atoms with van der Waals surface area (Å²) in [6.45, 7) is 6.67. The summed E-state index contributed by atoms with van der Waals surface area (Å²) < 4.78 is 0. The molecule has 2 aliphatic carbocycles. The number of amides is 2. The minimum absolute atomic E-state index is 0.140. The van der Waals surface area contributed by atoms with Gasteiger partial charge in [-0.25, -0.2) is 0 Å². The molecule has 1 saturated heterocycles. The molecular formula is C28H30N2O2. The Morgan fingerprint density at radius 1 is 0.969 bits per heavy atom. The van der Waals surface area contributed by atoms with E-state index in [1.807, 2.05) is 48.5 Å². The molecule has 0 N–H and O–H groups in total. The molecule has 1 heterocycles. The van der Waals surface area contributed by atoms with Gasteiger partial charge in [0.25, 0.3) is 5.91 Å². The molecule has 3 fully saturated rings. The van der Waals surface area contributed by atoms with Crippen LogP contribution in [0.25, 0.3) is 0 Å². The Hall–Kier alpha value is -2.93. The third-order valence-corrected chi connectivity index (χ3v) is 8.48. The van der Waals surface area contributed by atoms with Gasteiger partial charge in [-0.3, -0.25) is 14.5 Å². The Kier molecular flexibility index (Phi) is 4.78. The normalized spacial score (nSPS) is 34.2. The molecule has 0 spiro atoms. The fourth-order valence-electron chi connectivity index (χ4n) is 6.62. The number of piperidine rings is 1. The van der Waals surface area contributed by atoms with Crippen LogP contribution in [0.2, 0.25) is 0 Å². The van der Waals surface area contributed by atoms with Crippen molar-refractivity contribution < 1.29 is 9.59 Å². The van der Waals surface area contributed by atoms with Gasteiger partial charge in [0.2, 0.25) is 5.91 Å². The Bertz CT molecular complexity index is 1090. The van der Waals surface area contributed by atoms with Crippen LogP contribution in [0, 0.1) is 34.5 Å². The van der Waals surface area contributed by atoms with Gasteiger partial charge < -0.3 is 0 Å². The number of nitrogens with zero attached hydrogens (tertiary/aromatic N) is 2. The number of hydrogen-bond acceptors (Lipinski definition) is 3. The minimum atomic E-state index is -1.22. The number of imide groups is 1. The van der Waals surface area contributed by atoms with Crippen LogP contribution in [0.15, 0.2) is 60.7 Å². The van der Waals surface area contributed by atoms with Crippen molar-refractivity contribution in [3.8, 4) is 6.07 Å². The minimum Gasteiger partial charge on any atom is -0.277 e. The van der Waals surface area contributed by atoms with Gasteiger partial charge in [0.15, 0.2) is 5.41 Å². The van der Waals surface area contributed by atoms with Gasteiger partial charge >= 0.3 is 0 Å². The number of nitriles is 1. The lowest BCUT2D eigenvalue weighted by molar-refractivity contribution is -0.148. The van der Waals surface area contributed by atoms with Crippen molar-refractivity contribution in [3.05, 3.63) is 71.8 Å². The summed E-state index contributed by atoms with van der Waals surface area (Å²) in [6, 6.07) is 22.1. The molecule has 0 unspecified atom stereocenters. The molecule has 5 rings (SSSR count). The first-order chi connectivity index (χ1) is 15.3. The largest absolute Gasteiger partial charge is 0.277 e. The van der Waals surface area contributed by atoms with Crippen molar-refractivity contribution in [1.29, 1.82) is 5.26 Å². The highest BCUT2D eigenvalue weighted by Gasteiger charge is 2.81. The van der Waals surface area contributed by atoms with Gasteiger partial charge in [-0.2, -0.15) is 5.26 Å². The zero-order valence-corrected chi connectivity index (χ0v) is 19.0. The molecule has 0 aromatic heterocycles. The second kappa shape index (κ2) is 7.30. The van der Waals surface area contributed by atoms with E-state index in [0.717, 1.165) is 24.8 Å². The molecule has 2 aromatic rings. The first-order valence-corrected chi connectivity index (χ1v) is 11.7. The number of likely N-dealkylation sites (tertiary alicyclic amines) is 1. The summed E-state index contributed by atoms with van der Waals surface area (Å²) in [7, 11) is 0. The summed E-state index contributed by atoms with van der Waals surface area (Å²) in [4.78, 5) is 29.0. The van der Waals surface area contributed by atoms with E-state index >= 15 is 0 Å². The quantitative estimate of drug-likeness (QED) is 0.642. The van der Waals surface area contributed by atoms with E-state index < -0.39 is 11.3 Å². The van der Waals surface area contributed by atoms with Crippen LogP contribution in [0.5, 0.6) is 0 Å². The Morgan fingerprint density at radius 3 is 2.19 bits per heavy atom. The molecule has 4 nitrogen and oxygen atoms in total. The molecule has 3 aliphatic rings. The summed E-state index contributed by atoms with van der Waals surface area (Å²) in [6.07, 6.45) is 2.87. The summed E-state index contributed by atoms with van der Waals surface area (Å²) >= 11 is 0. The van der Waals surface area contributed by atoms with Crippen LogP contribution in [0.1, 0.15) is 57.1 Å². The van der Waals surface area contributed by atoms with Crippen LogP contribution in [-0.2, 0) is 15.0 Å². The van der Waals surface area contributed by atoms with E-state index in [0.29, 0.717) is 5.92 Å². The molecule has 0 bridgehead atoms. The van der Waals surface area contributed by atoms with Crippen molar-refractivity contribution in [3.63, 3.8) is 0 Å². The van der Waals surface area contributed by atoms with Crippen molar-refractivity contribution in [2.75, 3.05) is 0 Å². The van der Waals surface area contributed by atoms with E-state index in [1.165, 1.54) is 10.5 Å². The Labute approximate surface area is 190 Å². The van der Waals surface area contributed by atoms with Crippen molar-refractivity contribution in [2.45, 2.75) is 57.4 Å². The lowest BCUT2D eigenvalue weighted by Crippen LogP contribution is -2.54. The third kappa shape index (κ3) is 2.80. The number of benzene rings is 2. The lowest BCUT2D eigenvalue weighted by atomic mass is 9.63. The molecule has 2 amide bonds. The van der Waals surface area contributed by atoms with Crippen LogP contribution in [0.4, 0.5) is 0 Å². The summed E-state index contributed by atoms with van der Waals surface area (Å²) in [5.74, 6) is -0.650. The molecule has 2 saturated carbocycles. The number of carbonyl (C=O) groups is 2. The van der Waals surface area contributed by atoms with Gasteiger partial charge in [-0.05, 0) is 41.2 Å². The predicted octanol–water partition coefficient (Wildman–Crippen LogP) is 5.06. The van der Waals surface area contributed by atoms with Gasteiger partial charge in [0, 0.05) is 12.0 Å². The second-order valence-electron chi connectivity index (χ2n) is 10.5. The second-order valence-corrected chi connectivity index (χ2v) is 10.5. The van der Waals surface area contributed by atoms with Crippen LogP contribution in [0.3, 0.4) is 0 Å². The highest BCUT2D eigenvalue weighted by atomic mass is 16.2. The summed E-state index contributed by atoms with van der Waals surface area (Å²) in [5.41, 5.74) is 0.739. The maximum absolute atomic E-state index is 13.8. The van der Waals surface area contributed by atoms with Crippen molar-refractivity contribution in [2.24, 2.45) is 23.2 Å². The van der Waals surface area contributed by atoms with Gasteiger partial charge in [-0.15, -0.1) is 0 Å². The zero-order valence-electron chi connectivity index (χ0n) is 19.0. The fourth-order valence-corrected chi connectivity index (χ4v) is 6.62. The molecule has 4 heteroatoms. The SMILES string of the molecule is C[C@@H]1CC[C@@H](C(C)(C)c2ccccc2)[C@H](N2C(=O)[C@@H]3[C@@H](c4ccccc4)[C@]3(C#N)C2=O)C1. The fraction of sp³-hybridized carbons (Fsp3) is 0.464. The molecule has 0 radical (unpaired) electrons. The Morgan fingerprint density at radius 2 is 1.59 bits per heavy atom. The molecule has 1 aliphatic heterocycles. The van der Waals surface area contributed by atoms with Crippen LogP contribution >= 0.6 is 0 Å².